The maximum atomic E-state index is 9.02. The lowest BCUT2D eigenvalue weighted by molar-refractivity contribution is 0.307. The van der Waals surface area contributed by atoms with Crippen LogP contribution in [0.1, 0.15) is 46.1 Å². The van der Waals surface area contributed by atoms with Crippen LogP contribution >= 0.6 is 0 Å². The van der Waals surface area contributed by atoms with Gasteiger partial charge >= 0.3 is 0 Å². The number of nitriles is 1. The van der Waals surface area contributed by atoms with Gasteiger partial charge in [-0.3, -0.25) is 0 Å². The largest absolute Gasteiger partial charge is 0.493 e. The van der Waals surface area contributed by atoms with Gasteiger partial charge in [0.25, 0.3) is 0 Å². The van der Waals surface area contributed by atoms with E-state index in [0.717, 1.165) is 43.9 Å². The topological polar surface area (TPSA) is 45.5 Å². The minimum absolute atomic E-state index is 0.218. The molecule has 0 aromatic heterocycles. The average molecular weight is 335 g/mol. The Morgan fingerprint density at radius 3 is 2.25 bits per heavy atom. The predicted octanol–water partition coefficient (Wildman–Crippen LogP) is 4.53. The van der Waals surface area contributed by atoms with E-state index >= 15 is 0 Å². The molecule has 0 saturated heterocycles. The summed E-state index contributed by atoms with van der Waals surface area (Å²) in [5, 5.41) is 9.02. The molecule has 1 aromatic rings. The molecule has 0 unspecified atom stereocenters. The Kier molecular flexibility index (Phi) is 10.9. The second kappa shape index (κ2) is 11.8. The standard InChI is InChI=1S/C18H28N2O2.C2H6/c1-18(2,14-19)10-6-11-20(3)12-9-15-7-8-16(21-4)17(13-15)22-5;1-2/h7-8,13H,6,9-12H2,1-5H3;1-2H3. The Bertz CT molecular complexity index is 507. The zero-order valence-corrected chi connectivity index (χ0v) is 16.5. The van der Waals surface area contributed by atoms with E-state index in [4.69, 9.17) is 14.7 Å². The van der Waals surface area contributed by atoms with Gasteiger partial charge in [-0.2, -0.15) is 5.26 Å². The molecule has 136 valence electrons. The molecule has 0 heterocycles. The number of ether oxygens (including phenoxy) is 2. The van der Waals surface area contributed by atoms with Crippen LogP contribution in [-0.2, 0) is 6.42 Å². The second-order valence-corrected chi connectivity index (χ2v) is 6.34. The molecule has 0 amide bonds. The molecule has 0 aliphatic carbocycles. The highest BCUT2D eigenvalue weighted by Gasteiger charge is 2.16. The van der Waals surface area contributed by atoms with Crippen LogP contribution in [0.3, 0.4) is 0 Å². The average Bonchev–Trinajstić information content (AvgIpc) is 2.61. The number of hydrogen-bond acceptors (Lipinski definition) is 4. The maximum absolute atomic E-state index is 9.02. The summed E-state index contributed by atoms with van der Waals surface area (Å²) >= 11 is 0. The third-order valence-electron chi connectivity index (χ3n) is 3.87. The molecule has 4 nitrogen and oxygen atoms in total. The minimum atomic E-state index is -0.218. The number of nitrogens with zero attached hydrogens (tertiary/aromatic N) is 2. The van der Waals surface area contributed by atoms with Gasteiger partial charge in [-0.05, 0) is 64.4 Å². The molecular formula is C20H34N2O2. The first-order valence-corrected chi connectivity index (χ1v) is 8.72. The number of methoxy groups -OCH3 is 2. The lowest BCUT2D eigenvalue weighted by atomic mass is 9.90. The molecule has 4 heteroatoms. The first kappa shape index (κ1) is 22.3. The lowest BCUT2D eigenvalue weighted by Crippen LogP contribution is -2.23. The molecule has 0 saturated carbocycles. The summed E-state index contributed by atoms with van der Waals surface area (Å²) < 4.78 is 10.6. The van der Waals surface area contributed by atoms with E-state index < -0.39 is 0 Å². The van der Waals surface area contributed by atoms with E-state index in [9.17, 15) is 0 Å². The van der Waals surface area contributed by atoms with E-state index in [1.807, 2.05) is 39.8 Å². The molecule has 0 atom stereocenters. The highest BCUT2D eigenvalue weighted by atomic mass is 16.5. The summed E-state index contributed by atoms with van der Waals surface area (Å²) in [5.41, 5.74) is 1.02. The van der Waals surface area contributed by atoms with E-state index in [0.29, 0.717) is 0 Å². The fourth-order valence-electron chi connectivity index (χ4n) is 2.31. The Labute approximate surface area is 148 Å². The summed E-state index contributed by atoms with van der Waals surface area (Å²) in [6, 6.07) is 8.41. The monoisotopic (exact) mass is 334 g/mol. The Balaban J connectivity index is 0.00000254. The Morgan fingerprint density at radius 2 is 1.71 bits per heavy atom. The van der Waals surface area contributed by atoms with E-state index in [2.05, 4.69) is 24.1 Å². The quantitative estimate of drug-likeness (QED) is 0.665. The van der Waals surface area contributed by atoms with Crippen LogP contribution in [0.4, 0.5) is 0 Å². The van der Waals surface area contributed by atoms with Gasteiger partial charge in [0.1, 0.15) is 0 Å². The van der Waals surface area contributed by atoms with E-state index in [-0.39, 0.29) is 5.41 Å². The molecule has 1 aromatic carbocycles. The third kappa shape index (κ3) is 8.21. The number of rotatable bonds is 9. The normalized spacial score (nSPS) is 10.6. The first-order chi connectivity index (χ1) is 11.4. The van der Waals surface area contributed by atoms with Crippen LogP contribution in [0.15, 0.2) is 18.2 Å². The van der Waals surface area contributed by atoms with Crippen molar-refractivity contribution < 1.29 is 9.47 Å². The van der Waals surface area contributed by atoms with Crippen molar-refractivity contribution in [2.24, 2.45) is 5.41 Å². The molecule has 0 radical (unpaired) electrons. The summed E-state index contributed by atoms with van der Waals surface area (Å²) in [6.45, 7) is 9.99. The van der Waals surface area contributed by atoms with Crippen molar-refractivity contribution in [1.82, 2.24) is 4.90 Å². The lowest BCUT2D eigenvalue weighted by Gasteiger charge is -2.20. The summed E-state index contributed by atoms with van der Waals surface area (Å²) in [6.07, 6.45) is 2.95. The van der Waals surface area contributed by atoms with Gasteiger partial charge in [0.2, 0.25) is 0 Å². The van der Waals surface area contributed by atoms with Gasteiger partial charge in [-0.15, -0.1) is 0 Å². The fourth-order valence-corrected chi connectivity index (χ4v) is 2.31. The minimum Gasteiger partial charge on any atom is -0.493 e. The van der Waals surface area contributed by atoms with Crippen molar-refractivity contribution >= 4 is 0 Å². The van der Waals surface area contributed by atoms with Crippen LogP contribution in [-0.4, -0.2) is 39.3 Å². The van der Waals surface area contributed by atoms with Crippen LogP contribution in [0.25, 0.3) is 0 Å². The predicted molar refractivity (Wildman–Crippen MR) is 101 cm³/mol. The van der Waals surface area contributed by atoms with Gasteiger partial charge < -0.3 is 14.4 Å². The molecule has 0 bridgehead atoms. The Morgan fingerprint density at radius 1 is 1.08 bits per heavy atom. The molecule has 0 aliphatic heterocycles. The highest BCUT2D eigenvalue weighted by molar-refractivity contribution is 5.42. The molecule has 0 aliphatic rings. The summed E-state index contributed by atoms with van der Waals surface area (Å²) in [5.74, 6) is 1.54. The van der Waals surface area contributed by atoms with Crippen molar-refractivity contribution in [2.75, 3.05) is 34.4 Å². The van der Waals surface area contributed by atoms with Crippen molar-refractivity contribution in [2.45, 2.75) is 47.0 Å². The van der Waals surface area contributed by atoms with Crippen molar-refractivity contribution in [3.8, 4) is 17.6 Å². The van der Waals surface area contributed by atoms with Crippen LogP contribution in [0, 0.1) is 16.7 Å². The fraction of sp³-hybridized carbons (Fsp3) is 0.650. The van der Waals surface area contributed by atoms with Crippen molar-refractivity contribution in [1.29, 1.82) is 5.26 Å². The van der Waals surface area contributed by atoms with E-state index in [1.165, 1.54) is 5.56 Å². The van der Waals surface area contributed by atoms with Crippen molar-refractivity contribution in [3.63, 3.8) is 0 Å². The summed E-state index contributed by atoms with van der Waals surface area (Å²) in [7, 11) is 5.43. The highest BCUT2D eigenvalue weighted by Crippen LogP contribution is 2.27. The Hall–Kier alpha value is -1.73. The second-order valence-electron chi connectivity index (χ2n) is 6.34. The van der Waals surface area contributed by atoms with Crippen molar-refractivity contribution in [3.05, 3.63) is 23.8 Å². The number of hydrogen-bond donors (Lipinski definition) is 0. The zero-order valence-electron chi connectivity index (χ0n) is 16.5. The van der Waals surface area contributed by atoms with Gasteiger partial charge in [0.15, 0.2) is 11.5 Å². The third-order valence-corrected chi connectivity index (χ3v) is 3.87. The van der Waals surface area contributed by atoms with E-state index in [1.54, 1.807) is 14.2 Å². The molecule has 0 spiro atoms. The zero-order chi connectivity index (χ0) is 18.6. The van der Waals surface area contributed by atoms with Gasteiger partial charge in [-0.25, -0.2) is 0 Å². The molecule has 0 N–H and O–H groups in total. The van der Waals surface area contributed by atoms with Gasteiger partial charge in [0.05, 0.1) is 25.7 Å². The SMILES string of the molecule is CC.COc1ccc(CCN(C)CCCC(C)(C)C#N)cc1OC. The maximum Gasteiger partial charge on any atom is 0.160 e. The van der Waals surface area contributed by atoms with Crippen LogP contribution < -0.4 is 9.47 Å². The van der Waals surface area contributed by atoms with Gasteiger partial charge in [-0.1, -0.05) is 19.9 Å². The smallest absolute Gasteiger partial charge is 0.160 e. The molecular weight excluding hydrogens is 300 g/mol. The molecule has 0 fully saturated rings. The number of likely N-dealkylation sites (N-methyl/N-ethyl adjacent to an activating group) is 1. The van der Waals surface area contributed by atoms with Crippen LogP contribution in [0.2, 0.25) is 0 Å². The number of benzene rings is 1. The molecule has 1 rings (SSSR count). The first-order valence-electron chi connectivity index (χ1n) is 8.72. The van der Waals surface area contributed by atoms with Gasteiger partial charge in [0, 0.05) is 6.54 Å². The summed E-state index contributed by atoms with van der Waals surface area (Å²) in [4.78, 5) is 2.31. The van der Waals surface area contributed by atoms with Crippen LogP contribution in [0.5, 0.6) is 11.5 Å². The molecule has 24 heavy (non-hydrogen) atoms.